The first-order valence-electron chi connectivity index (χ1n) is 5.24. The van der Waals surface area contributed by atoms with Crippen molar-refractivity contribution in [2.75, 3.05) is 19.5 Å². The van der Waals surface area contributed by atoms with Gasteiger partial charge in [0, 0.05) is 6.26 Å². The van der Waals surface area contributed by atoms with Gasteiger partial charge in [-0.1, -0.05) is 0 Å². The lowest BCUT2D eigenvalue weighted by molar-refractivity contribution is 0.0502. The van der Waals surface area contributed by atoms with Crippen LogP contribution in [0.3, 0.4) is 0 Å². The number of aromatic nitrogens is 2. The lowest BCUT2D eigenvalue weighted by Crippen LogP contribution is -2.15. The Balaban J connectivity index is 3.07. The van der Waals surface area contributed by atoms with Gasteiger partial charge in [-0.25, -0.2) is 18.6 Å². The highest BCUT2D eigenvalue weighted by atomic mass is 32.2. The van der Waals surface area contributed by atoms with Crippen LogP contribution in [0.5, 0.6) is 5.88 Å². The second kappa shape index (κ2) is 7.07. The predicted octanol–water partition coefficient (Wildman–Crippen LogP) is 1.03. The maximum Gasteiger partial charge on any atom is 0.345 e. The summed E-state index contributed by atoms with van der Waals surface area (Å²) in [4.78, 5) is 18.9. The minimum absolute atomic E-state index is 0.106. The highest BCUT2D eigenvalue weighted by molar-refractivity contribution is 7.84. The SMILES string of the molecule is CCOC(=O)c1cnc(S(C)=O)nc1OCC(F)F. The van der Waals surface area contributed by atoms with Crippen LogP contribution in [0.4, 0.5) is 8.78 Å². The molecular weight excluding hydrogens is 282 g/mol. The summed E-state index contributed by atoms with van der Waals surface area (Å²) >= 11 is 0. The molecule has 0 aliphatic heterocycles. The second-order valence-corrected chi connectivity index (χ2v) is 4.52. The molecule has 0 saturated heterocycles. The van der Waals surface area contributed by atoms with E-state index in [4.69, 9.17) is 9.47 Å². The van der Waals surface area contributed by atoms with Gasteiger partial charge in [-0.05, 0) is 6.92 Å². The minimum Gasteiger partial charge on any atom is -0.471 e. The van der Waals surface area contributed by atoms with Crippen molar-refractivity contribution in [3.8, 4) is 5.88 Å². The molecule has 0 N–H and O–H groups in total. The summed E-state index contributed by atoms with van der Waals surface area (Å²) in [6.07, 6.45) is -0.362. The van der Waals surface area contributed by atoms with Gasteiger partial charge in [0.2, 0.25) is 11.0 Å². The Labute approximate surface area is 110 Å². The number of esters is 1. The van der Waals surface area contributed by atoms with Crippen LogP contribution >= 0.6 is 0 Å². The first-order valence-corrected chi connectivity index (χ1v) is 6.80. The predicted molar refractivity (Wildman–Crippen MR) is 61.8 cm³/mol. The maximum atomic E-state index is 12.1. The number of hydrogen-bond acceptors (Lipinski definition) is 6. The molecule has 6 nitrogen and oxygen atoms in total. The van der Waals surface area contributed by atoms with Gasteiger partial charge in [-0.2, -0.15) is 4.98 Å². The zero-order chi connectivity index (χ0) is 14.4. The van der Waals surface area contributed by atoms with Crippen molar-refractivity contribution in [2.45, 2.75) is 18.5 Å². The standard InChI is InChI=1S/C10H12F2N2O4S/c1-3-17-9(15)6-4-13-10(19(2)16)14-8(6)18-5-7(11)12/h4,7H,3,5H2,1-2H3. The fraction of sp³-hybridized carbons (Fsp3) is 0.500. The number of hydrogen-bond donors (Lipinski definition) is 0. The van der Waals surface area contributed by atoms with Gasteiger partial charge in [-0.15, -0.1) is 0 Å². The molecule has 0 saturated carbocycles. The van der Waals surface area contributed by atoms with E-state index in [1.807, 2.05) is 0 Å². The van der Waals surface area contributed by atoms with E-state index in [1.165, 1.54) is 6.26 Å². The Kier molecular flexibility index (Phi) is 5.74. The third kappa shape index (κ3) is 4.51. The summed E-state index contributed by atoms with van der Waals surface area (Å²) in [5.74, 6) is -1.15. The Bertz CT molecular complexity index is 485. The van der Waals surface area contributed by atoms with E-state index >= 15 is 0 Å². The maximum absolute atomic E-state index is 12.1. The van der Waals surface area contributed by atoms with Gasteiger partial charge in [0.15, 0.2) is 6.61 Å². The molecular formula is C10H12F2N2O4S. The molecule has 1 heterocycles. The van der Waals surface area contributed by atoms with Crippen molar-refractivity contribution >= 4 is 16.8 Å². The van der Waals surface area contributed by atoms with Crippen LogP contribution < -0.4 is 4.74 Å². The van der Waals surface area contributed by atoms with E-state index in [1.54, 1.807) is 6.92 Å². The highest BCUT2D eigenvalue weighted by Crippen LogP contribution is 2.17. The number of nitrogens with zero attached hydrogens (tertiary/aromatic N) is 2. The average Bonchev–Trinajstić information content (AvgIpc) is 2.36. The molecule has 0 bridgehead atoms. The van der Waals surface area contributed by atoms with Crippen molar-refractivity contribution in [2.24, 2.45) is 0 Å². The molecule has 1 aromatic heterocycles. The summed E-state index contributed by atoms with van der Waals surface area (Å²) in [6.45, 7) is 0.766. The molecule has 0 fully saturated rings. The van der Waals surface area contributed by atoms with Gasteiger partial charge >= 0.3 is 5.97 Å². The second-order valence-electron chi connectivity index (χ2n) is 3.25. The quantitative estimate of drug-likeness (QED) is 0.576. The van der Waals surface area contributed by atoms with E-state index in [0.29, 0.717) is 0 Å². The molecule has 1 atom stereocenters. The lowest BCUT2D eigenvalue weighted by atomic mass is 10.3. The third-order valence-electron chi connectivity index (χ3n) is 1.83. The van der Waals surface area contributed by atoms with Crippen molar-refractivity contribution in [3.05, 3.63) is 11.8 Å². The summed E-state index contributed by atoms with van der Waals surface area (Å²) in [6, 6.07) is 0. The van der Waals surface area contributed by atoms with Crippen LogP contribution in [-0.2, 0) is 15.5 Å². The van der Waals surface area contributed by atoms with Crippen molar-refractivity contribution in [1.29, 1.82) is 0 Å². The van der Waals surface area contributed by atoms with E-state index in [0.717, 1.165) is 6.20 Å². The first kappa shape index (κ1) is 15.4. The van der Waals surface area contributed by atoms with E-state index in [9.17, 15) is 17.8 Å². The van der Waals surface area contributed by atoms with Crippen LogP contribution in [0, 0.1) is 0 Å². The number of halogens is 2. The smallest absolute Gasteiger partial charge is 0.345 e. The number of ether oxygens (including phenoxy) is 2. The number of rotatable bonds is 6. The Morgan fingerprint density at radius 3 is 2.74 bits per heavy atom. The summed E-state index contributed by atoms with van der Waals surface area (Å²) in [5.41, 5.74) is -0.184. The van der Waals surface area contributed by atoms with Crippen molar-refractivity contribution < 1.29 is 27.3 Å². The normalized spacial score (nSPS) is 12.3. The molecule has 9 heteroatoms. The average molecular weight is 294 g/mol. The zero-order valence-electron chi connectivity index (χ0n) is 10.3. The molecule has 0 amide bonds. The topological polar surface area (TPSA) is 78.4 Å². The molecule has 0 radical (unpaired) electrons. The summed E-state index contributed by atoms with van der Waals surface area (Å²) in [7, 11) is -1.52. The van der Waals surface area contributed by atoms with Crippen LogP contribution in [-0.4, -0.2) is 46.0 Å². The fourth-order valence-corrected chi connectivity index (χ4v) is 1.50. The lowest BCUT2D eigenvalue weighted by Gasteiger charge is -2.09. The van der Waals surface area contributed by atoms with Crippen LogP contribution in [0.25, 0.3) is 0 Å². The van der Waals surface area contributed by atoms with Gasteiger partial charge in [0.05, 0.1) is 23.6 Å². The van der Waals surface area contributed by atoms with Crippen LogP contribution in [0.1, 0.15) is 17.3 Å². The van der Waals surface area contributed by atoms with E-state index in [-0.39, 0.29) is 23.2 Å². The number of alkyl halides is 2. The van der Waals surface area contributed by atoms with Gasteiger partial charge < -0.3 is 9.47 Å². The first-order chi connectivity index (χ1) is 8.95. The van der Waals surface area contributed by atoms with E-state index in [2.05, 4.69) is 9.97 Å². The molecule has 0 aliphatic rings. The summed E-state index contributed by atoms with van der Waals surface area (Å²) < 4.78 is 44.9. The molecule has 0 aromatic carbocycles. The summed E-state index contributed by atoms with van der Waals surface area (Å²) in [5, 5.41) is -0.114. The number of carbonyl (C=O) groups is 1. The molecule has 0 spiro atoms. The largest absolute Gasteiger partial charge is 0.471 e. The number of carbonyl (C=O) groups excluding carboxylic acids is 1. The van der Waals surface area contributed by atoms with Gasteiger partial charge in [0.25, 0.3) is 6.43 Å². The molecule has 19 heavy (non-hydrogen) atoms. The van der Waals surface area contributed by atoms with Crippen molar-refractivity contribution in [1.82, 2.24) is 9.97 Å². The molecule has 1 rings (SSSR count). The third-order valence-corrected chi connectivity index (χ3v) is 2.54. The zero-order valence-corrected chi connectivity index (χ0v) is 11.1. The molecule has 106 valence electrons. The van der Waals surface area contributed by atoms with Crippen molar-refractivity contribution in [3.63, 3.8) is 0 Å². The van der Waals surface area contributed by atoms with Gasteiger partial charge in [0.1, 0.15) is 5.56 Å². The Hall–Kier alpha value is -1.64. The highest BCUT2D eigenvalue weighted by Gasteiger charge is 2.19. The molecule has 1 aromatic rings. The molecule has 1 unspecified atom stereocenters. The van der Waals surface area contributed by atoms with Crippen LogP contribution in [0.2, 0.25) is 0 Å². The monoisotopic (exact) mass is 294 g/mol. The van der Waals surface area contributed by atoms with Crippen LogP contribution in [0.15, 0.2) is 11.4 Å². The fourth-order valence-electron chi connectivity index (χ4n) is 1.09. The Morgan fingerprint density at radius 2 is 2.21 bits per heavy atom. The van der Waals surface area contributed by atoms with Gasteiger partial charge in [-0.3, -0.25) is 4.21 Å². The minimum atomic E-state index is -2.72. The van der Waals surface area contributed by atoms with E-state index < -0.39 is 29.8 Å². The molecule has 0 aliphatic carbocycles. The Morgan fingerprint density at radius 1 is 1.53 bits per heavy atom.